The van der Waals surface area contributed by atoms with Gasteiger partial charge in [-0.3, -0.25) is 9.20 Å². The summed E-state index contributed by atoms with van der Waals surface area (Å²) in [5, 5.41) is 13.7. The third kappa shape index (κ3) is 4.36. The van der Waals surface area contributed by atoms with Gasteiger partial charge in [0.15, 0.2) is 5.69 Å². The van der Waals surface area contributed by atoms with Crippen LogP contribution in [-0.4, -0.2) is 38.6 Å². The maximum Gasteiger partial charge on any atom is 0.434 e. The van der Waals surface area contributed by atoms with E-state index in [4.69, 9.17) is 11.1 Å². The van der Waals surface area contributed by atoms with Crippen LogP contribution in [0.1, 0.15) is 47.3 Å². The van der Waals surface area contributed by atoms with Crippen molar-refractivity contribution in [1.82, 2.24) is 19.7 Å². The number of pyridine rings is 2. The minimum atomic E-state index is -4.50. The Kier molecular flexibility index (Phi) is 5.72. The van der Waals surface area contributed by atoms with Crippen molar-refractivity contribution in [2.75, 3.05) is 11.1 Å². The molecular weight excluding hydrogens is 423 g/mol. The molecule has 1 fully saturated rings. The lowest BCUT2D eigenvalue weighted by Crippen LogP contribution is -2.40. The molecule has 0 saturated heterocycles. The number of carbonyl (C=O) groups is 1. The first kappa shape index (κ1) is 21.6. The molecule has 0 aromatic carbocycles. The van der Waals surface area contributed by atoms with Crippen LogP contribution in [0.3, 0.4) is 0 Å². The van der Waals surface area contributed by atoms with Crippen LogP contribution in [0.15, 0.2) is 36.7 Å². The maximum absolute atomic E-state index is 13.0. The summed E-state index contributed by atoms with van der Waals surface area (Å²) in [6.07, 6.45) is 1.81. The highest BCUT2D eigenvalue weighted by molar-refractivity contribution is 6.04. The van der Waals surface area contributed by atoms with Crippen molar-refractivity contribution in [3.05, 3.63) is 53.5 Å². The Morgan fingerprint density at radius 1 is 1.19 bits per heavy atom. The molecule has 3 aromatic heterocycles. The lowest BCUT2D eigenvalue weighted by Gasteiger charge is -2.30. The zero-order valence-corrected chi connectivity index (χ0v) is 17.0. The number of hydrogen-bond acceptors (Lipinski definition) is 6. The van der Waals surface area contributed by atoms with Crippen LogP contribution in [-0.2, 0) is 6.18 Å². The molecule has 0 atom stereocenters. The van der Waals surface area contributed by atoms with Crippen molar-refractivity contribution in [1.29, 1.82) is 5.41 Å². The van der Waals surface area contributed by atoms with Crippen molar-refractivity contribution in [2.45, 2.75) is 43.9 Å². The van der Waals surface area contributed by atoms with Crippen LogP contribution in [0.25, 0.3) is 5.65 Å². The van der Waals surface area contributed by atoms with Crippen LogP contribution >= 0.6 is 0 Å². The summed E-state index contributed by atoms with van der Waals surface area (Å²) < 4.78 is 40.4. The molecule has 5 N–H and O–H groups in total. The van der Waals surface area contributed by atoms with E-state index in [1.54, 1.807) is 12.1 Å². The van der Waals surface area contributed by atoms with Crippen LogP contribution in [0.5, 0.6) is 0 Å². The van der Waals surface area contributed by atoms with Gasteiger partial charge in [-0.05, 0) is 43.9 Å². The highest BCUT2D eigenvalue weighted by Gasteiger charge is 2.34. The molecule has 32 heavy (non-hydrogen) atoms. The van der Waals surface area contributed by atoms with Crippen molar-refractivity contribution < 1.29 is 18.0 Å². The number of nitrogens with zero attached hydrogens (tertiary/aromatic N) is 3. The van der Waals surface area contributed by atoms with Gasteiger partial charge in [0.25, 0.3) is 5.91 Å². The summed E-state index contributed by atoms with van der Waals surface area (Å²) in [4.78, 5) is 20.2. The molecule has 0 aliphatic heterocycles. The summed E-state index contributed by atoms with van der Waals surface area (Å²) in [7, 11) is 0. The average Bonchev–Trinajstić information content (AvgIpc) is 3.21. The van der Waals surface area contributed by atoms with E-state index in [9.17, 15) is 18.0 Å². The number of imidazole rings is 1. The van der Waals surface area contributed by atoms with Crippen LogP contribution < -0.4 is 16.4 Å². The molecule has 0 bridgehead atoms. The molecule has 1 aliphatic rings. The fourth-order valence-electron chi connectivity index (χ4n) is 3.96. The molecule has 1 saturated carbocycles. The third-order valence-corrected chi connectivity index (χ3v) is 5.61. The quantitative estimate of drug-likeness (QED) is 0.448. The molecule has 1 aliphatic carbocycles. The number of anilines is 2. The number of nitrogens with two attached hydrogens (primary N) is 1. The zero-order valence-electron chi connectivity index (χ0n) is 17.0. The molecule has 8 nitrogen and oxygen atoms in total. The van der Waals surface area contributed by atoms with Crippen LogP contribution in [0.2, 0.25) is 0 Å². The van der Waals surface area contributed by atoms with E-state index in [1.165, 1.54) is 22.7 Å². The number of nitrogen functional groups attached to an aromatic ring is 1. The number of nitrogens with one attached hydrogen (secondary N) is 3. The normalized spacial score (nSPS) is 19.0. The van der Waals surface area contributed by atoms with Gasteiger partial charge in [0.1, 0.15) is 17.3 Å². The molecule has 3 aromatic rings. The summed E-state index contributed by atoms with van der Waals surface area (Å²) in [5.74, 6) is 0.362. The van der Waals surface area contributed by atoms with Gasteiger partial charge in [-0.1, -0.05) is 6.07 Å². The van der Waals surface area contributed by atoms with Gasteiger partial charge in [-0.2, -0.15) is 13.2 Å². The molecule has 1 amide bonds. The monoisotopic (exact) mass is 445 g/mol. The number of hydrogen-bond donors (Lipinski definition) is 4. The molecule has 4 rings (SSSR count). The predicted molar refractivity (Wildman–Crippen MR) is 114 cm³/mol. The highest BCUT2D eigenvalue weighted by Crippen LogP contribution is 2.30. The molecule has 3 heterocycles. The summed E-state index contributed by atoms with van der Waals surface area (Å²) in [6, 6.07) is 6.45. The van der Waals surface area contributed by atoms with Crippen molar-refractivity contribution in [2.24, 2.45) is 0 Å². The van der Waals surface area contributed by atoms with E-state index in [2.05, 4.69) is 20.6 Å². The molecule has 11 heteroatoms. The molecule has 0 unspecified atom stereocenters. The number of alkyl halides is 3. The minimum absolute atomic E-state index is 0.0469. The summed E-state index contributed by atoms with van der Waals surface area (Å²) in [6.45, 7) is 0. The van der Waals surface area contributed by atoms with Gasteiger partial charge in [0.05, 0.1) is 5.56 Å². The van der Waals surface area contributed by atoms with Gasteiger partial charge in [-0.25, -0.2) is 9.97 Å². The van der Waals surface area contributed by atoms with Gasteiger partial charge in [0, 0.05) is 36.3 Å². The smallest absolute Gasteiger partial charge is 0.383 e. The SMILES string of the molecule is N=Cc1c(C(=O)NC2CCC(Nc3cccc4nc(C(F)(F)F)cn34)CC2)ccnc1N. The Morgan fingerprint density at radius 3 is 2.59 bits per heavy atom. The third-order valence-electron chi connectivity index (χ3n) is 5.61. The minimum Gasteiger partial charge on any atom is -0.383 e. The first-order chi connectivity index (χ1) is 15.3. The molecule has 0 radical (unpaired) electrons. The predicted octanol–water partition coefficient (Wildman–Crippen LogP) is 3.48. The number of halogens is 3. The largest absolute Gasteiger partial charge is 0.434 e. The lowest BCUT2D eigenvalue weighted by atomic mass is 9.91. The molecule has 0 spiro atoms. The van der Waals surface area contributed by atoms with E-state index in [0.717, 1.165) is 25.3 Å². The van der Waals surface area contributed by atoms with E-state index in [1.807, 2.05) is 0 Å². The van der Waals surface area contributed by atoms with Crippen molar-refractivity contribution in [3.63, 3.8) is 0 Å². The van der Waals surface area contributed by atoms with Crippen molar-refractivity contribution >= 4 is 29.4 Å². The van der Waals surface area contributed by atoms with E-state index >= 15 is 0 Å². The molecule has 168 valence electrons. The number of fused-ring (bicyclic) bond motifs is 1. The second-order valence-electron chi connectivity index (χ2n) is 7.73. The lowest BCUT2D eigenvalue weighted by molar-refractivity contribution is -0.140. The van der Waals surface area contributed by atoms with Gasteiger partial charge in [0.2, 0.25) is 0 Å². The Labute approximate surface area is 181 Å². The van der Waals surface area contributed by atoms with Gasteiger partial charge in [-0.15, -0.1) is 0 Å². The Balaban J connectivity index is 1.39. The first-order valence-corrected chi connectivity index (χ1v) is 10.1. The number of amides is 1. The van der Waals surface area contributed by atoms with E-state index in [-0.39, 0.29) is 35.0 Å². The summed E-state index contributed by atoms with van der Waals surface area (Å²) >= 11 is 0. The first-order valence-electron chi connectivity index (χ1n) is 10.1. The summed E-state index contributed by atoms with van der Waals surface area (Å²) in [5.41, 5.74) is 5.62. The number of carbonyl (C=O) groups excluding carboxylic acids is 1. The fourth-order valence-corrected chi connectivity index (χ4v) is 3.96. The fraction of sp³-hybridized carbons (Fsp3) is 0.333. The second kappa shape index (κ2) is 8.48. The molecular formula is C21H22F3N7O. The number of rotatable bonds is 5. The Morgan fingerprint density at radius 2 is 1.91 bits per heavy atom. The second-order valence-corrected chi connectivity index (χ2v) is 7.73. The topological polar surface area (TPSA) is 121 Å². The Bertz CT molecular complexity index is 1150. The van der Waals surface area contributed by atoms with Crippen LogP contribution in [0, 0.1) is 5.41 Å². The maximum atomic E-state index is 13.0. The number of aromatic nitrogens is 3. The average molecular weight is 445 g/mol. The van der Waals surface area contributed by atoms with E-state index in [0.29, 0.717) is 24.2 Å². The van der Waals surface area contributed by atoms with Gasteiger partial charge < -0.3 is 21.8 Å². The standard InChI is InChI=1S/C21H22F3N7O/c22-21(23,24)16-11-31-17(2-1-3-18(31)30-16)28-12-4-6-13(7-5-12)29-20(32)14-8-9-27-19(26)15(14)10-25/h1-3,8-13,25,28H,4-7H2,(H2,26,27)(H,29,32). The van der Waals surface area contributed by atoms with Crippen molar-refractivity contribution in [3.8, 4) is 0 Å². The Hall–Kier alpha value is -3.63. The van der Waals surface area contributed by atoms with Crippen LogP contribution in [0.4, 0.5) is 24.8 Å². The highest BCUT2D eigenvalue weighted by atomic mass is 19.4. The van der Waals surface area contributed by atoms with Gasteiger partial charge >= 0.3 is 6.18 Å². The zero-order chi connectivity index (χ0) is 22.9. The van der Waals surface area contributed by atoms with E-state index < -0.39 is 11.9 Å².